The van der Waals surface area contributed by atoms with E-state index in [1.807, 2.05) is 0 Å². The van der Waals surface area contributed by atoms with Gasteiger partial charge in [0, 0.05) is 19.6 Å². The van der Waals surface area contributed by atoms with Gasteiger partial charge in [-0.15, -0.1) is 0 Å². The maximum absolute atomic E-state index is 11.3. The van der Waals surface area contributed by atoms with Crippen LogP contribution in [0.2, 0.25) is 0 Å². The van der Waals surface area contributed by atoms with Gasteiger partial charge < -0.3 is 10.2 Å². The number of carbonyl (C=O) groups is 2. The van der Waals surface area contributed by atoms with Gasteiger partial charge in [0.05, 0.1) is 0 Å². The van der Waals surface area contributed by atoms with Gasteiger partial charge in [0.1, 0.15) is 0 Å². The first-order valence-corrected chi connectivity index (χ1v) is 5.32. The van der Waals surface area contributed by atoms with Gasteiger partial charge in [-0.05, 0) is 6.42 Å². The van der Waals surface area contributed by atoms with Gasteiger partial charge in [0.15, 0.2) is 0 Å². The van der Waals surface area contributed by atoms with Crippen molar-refractivity contribution in [3.63, 3.8) is 0 Å². The average molecular weight is 198 g/mol. The maximum atomic E-state index is 11.3. The summed E-state index contributed by atoms with van der Waals surface area (Å²) in [7, 11) is 0. The second-order valence-corrected chi connectivity index (χ2v) is 3.61. The summed E-state index contributed by atoms with van der Waals surface area (Å²) in [6.07, 6.45) is 4.54. The van der Waals surface area contributed by atoms with Crippen LogP contribution in [0.1, 0.15) is 32.6 Å². The van der Waals surface area contributed by atoms with E-state index < -0.39 is 5.91 Å². The molecule has 1 fully saturated rings. The summed E-state index contributed by atoms with van der Waals surface area (Å²) in [4.78, 5) is 23.9. The van der Waals surface area contributed by atoms with Gasteiger partial charge in [-0.1, -0.05) is 26.2 Å². The van der Waals surface area contributed by atoms with Crippen LogP contribution in [-0.4, -0.2) is 36.3 Å². The number of hydrogen-bond acceptors (Lipinski definition) is 2. The Morgan fingerprint density at radius 1 is 1.29 bits per heavy atom. The number of amides is 2. The second-order valence-electron chi connectivity index (χ2n) is 3.61. The molecular formula is C10H18N2O2. The van der Waals surface area contributed by atoms with Gasteiger partial charge in [-0.3, -0.25) is 9.59 Å². The summed E-state index contributed by atoms with van der Waals surface area (Å²) in [6, 6.07) is 0. The molecule has 4 nitrogen and oxygen atoms in total. The summed E-state index contributed by atoms with van der Waals surface area (Å²) in [5.74, 6) is -0.820. The normalized spacial score (nSPS) is 17.1. The number of piperazine rings is 1. The highest BCUT2D eigenvalue weighted by Gasteiger charge is 2.24. The van der Waals surface area contributed by atoms with E-state index in [4.69, 9.17) is 0 Å². The predicted octanol–water partition coefficient (Wildman–Crippen LogP) is 0.525. The lowest BCUT2D eigenvalue weighted by Gasteiger charge is -2.26. The third kappa shape index (κ3) is 3.01. The molecule has 0 aromatic heterocycles. The molecule has 0 atom stereocenters. The molecule has 0 bridgehead atoms. The molecule has 0 aliphatic carbocycles. The van der Waals surface area contributed by atoms with Crippen LogP contribution in [-0.2, 0) is 9.59 Å². The first kappa shape index (κ1) is 11.0. The zero-order chi connectivity index (χ0) is 10.4. The molecule has 4 heteroatoms. The number of nitrogens with zero attached hydrogens (tertiary/aromatic N) is 1. The number of nitrogens with one attached hydrogen (secondary N) is 1. The first-order chi connectivity index (χ1) is 6.75. The van der Waals surface area contributed by atoms with Crippen LogP contribution in [0.3, 0.4) is 0 Å². The van der Waals surface area contributed by atoms with Crippen molar-refractivity contribution in [2.45, 2.75) is 32.6 Å². The number of rotatable bonds is 5. The van der Waals surface area contributed by atoms with Crippen LogP contribution in [0.15, 0.2) is 0 Å². The SMILES string of the molecule is CCCCCCN1CCNC(=O)C1=O. The lowest BCUT2D eigenvalue weighted by molar-refractivity contribution is -0.148. The largest absolute Gasteiger partial charge is 0.346 e. The maximum Gasteiger partial charge on any atom is 0.311 e. The quantitative estimate of drug-likeness (QED) is 0.517. The lowest BCUT2D eigenvalue weighted by Crippen LogP contribution is -2.52. The average Bonchev–Trinajstić information content (AvgIpc) is 2.19. The van der Waals surface area contributed by atoms with E-state index in [-0.39, 0.29) is 5.91 Å². The van der Waals surface area contributed by atoms with Crippen molar-refractivity contribution in [1.82, 2.24) is 10.2 Å². The van der Waals surface area contributed by atoms with Crippen molar-refractivity contribution < 1.29 is 9.59 Å². The van der Waals surface area contributed by atoms with Crippen LogP contribution < -0.4 is 5.32 Å². The molecule has 80 valence electrons. The molecule has 0 radical (unpaired) electrons. The molecule has 14 heavy (non-hydrogen) atoms. The standard InChI is InChI=1S/C10H18N2O2/c1-2-3-4-5-7-12-8-6-11-9(13)10(12)14/h2-8H2,1H3,(H,11,13). The minimum atomic E-state index is -0.452. The Hall–Kier alpha value is -1.06. The molecule has 1 rings (SSSR count). The van der Waals surface area contributed by atoms with Crippen molar-refractivity contribution in [3.8, 4) is 0 Å². The Labute approximate surface area is 84.7 Å². The van der Waals surface area contributed by atoms with Crippen LogP contribution >= 0.6 is 0 Å². The molecule has 0 saturated carbocycles. The highest BCUT2D eigenvalue weighted by Crippen LogP contribution is 2.03. The topological polar surface area (TPSA) is 49.4 Å². The molecule has 0 aromatic rings. The minimum Gasteiger partial charge on any atom is -0.346 e. The molecule has 1 saturated heterocycles. The minimum absolute atomic E-state index is 0.368. The molecule has 1 aliphatic rings. The molecule has 2 amide bonds. The van der Waals surface area contributed by atoms with E-state index in [2.05, 4.69) is 12.2 Å². The molecule has 0 unspecified atom stereocenters. The summed E-state index contributed by atoms with van der Waals surface area (Å²) in [5.41, 5.74) is 0. The smallest absolute Gasteiger partial charge is 0.311 e. The van der Waals surface area contributed by atoms with Crippen LogP contribution in [0.4, 0.5) is 0 Å². The Balaban J connectivity index is 2.22. The number of hydrogen-bond donors (Lipinski definition) is 1. The summed E-state index contributed by atoms with van der Waals surface area (Å²) in [6.45, 7) is 4.14. The van der Waals surface area contributed by atoms with E-state index in [0.717, 1.165) is 19.4 Å². The van der Waals surface area contributed by atoms with Crippen molar-refractivity contribution in [2.75, 3.05) is 19.6 Å². The highest BCUT2D eigenvalue weighted by molar-refractivity contribution is 6.35. The Kier molecular flexibility index (Phi) is 4.43. The molecule has 0 aromatic carbocycles. The number of unbranched alkanes of at least 4 members (excludes halogenated alkanes) is 3. The number of carbonyl (C=O) groups excluding carboxylic acids is 2. The van der Waals surface area contributed by atoms with E-state index in [9.17, 15) is 9.59 Å². The van der Waals surface area contributed by atoms with E-state index >= 15 is 0 Å². The van der Waals surface area contributed by atoms with E-state index in [1.165, 1.54) is 12.8 Å². The fraction of sp³-hybridized carbons (Fsp3) is 0.800. The molecule has 1 aliphatic heterocycles. The summed E-state index contributed by atoms with van der Waals surface area (Å²) in [5, 5.41) is 2.53. The van der Waals surface area contributed by atoms with Gasteiger partial charge in [0.2, 0.25) is 0 Å². The van der Waals surface area contributed by atoms with Gasteiger partial charge >= 0.3 is 11.8 Å². The summed E-state index contributed by atoms with van der Waals surface area (Å²) >= 11 is 0. The Morgan fingerprint density at radius 2 is 2.07 bits per heavy atom. The Bertz CT molecular complexity index is 216. The van der Waals surface area contributed by atoms with Crippen LogP contribution in [0.5, 0.6) is 0 Å². The highest BCUT2D eigenvalue weighted by atomic mass is 16.2. The fourth-order valence-electron chi connectivity index (χ4n) is 1.57. The molecular weight excluding hydrogens is 180 g/mol. The zero-order valence-corrected chi connectivity index (χ0v) is 8.71. The third-order valence-electron chi connectivity index (χ3n) is 2.43. The van der Waals surface area contributed by atoms with Crippen molar-refractivity contribution in [1.29, 1.82) is 0 Å². The van der Waals surface area contributed by atoms with E-state index in [0.29, 0.717) is 13.1 Å². The van der Waals surface area contributed by atoms with Gasteiger partial charge in [-0.2, -0.15) is 0 Å². The van der Waals surface area contributed by atoms with Crippen molar-refractivity contribution >= 4 is 11.8 Å². The van der Waals surface area contributed by atoms with Gasteiger partial charge in [-0.25, -0.2) is 0 Å². The third-order valence-corrected chi connectivity index (χ3v) is 2.43. The van der Waals surface area contributed by atoms with Crippen LogP contribution in [0.25, 0.3) is 0 Å². The van der Waals surface area contributed by atoms with Crippen molar-refractivity contribution in [2.24, 2.45) is 0 Å². The van der Waals surface area contributed by atoms with Gasteiger partial charge in [0.25, 0.3) is 0 Å². The lowest BCUT2D eigenvalue weighted by atomic mass is 10.2. The molecule has 1 heterocycles. The fourth-order valence-corrected chi connectivity index (χ4v) is 1.57. The Morgan fingerprint density at radius 3 is 2.79 bits per heavy atom. The second kappa shape index (κ2) is 5.62. The summed E-state index contributed by atoms with van der Waals surface area (Å²) < 4.78 is 0. The van der Waals surface area contributed by atoms with Crippen LogP contribution in [0, 0.1) is 0 Å². The predicted molar refractivity (Wildman–Crippen MR) is 53.7 cm³/mol. The first-order valence-electron chi connectivity index (χ1n) is 5.32. The zero-order valence-electron chi connectivity index (χ0n) is 8.71. The van der Waals surface area contributed by atoms with E-state index in [1.54, 1.807) is 4.90 Å². The molecule has 0 spiro atoms. The molecule has 1 N–H and O–H groups in total. The monoisotopic (exact) mass is 198 g/mol. The van der Waals surface area contributed by atoms with Crippen molar-refractivity contribution in [3.05, 3.63) is 0 Å².